The Kier molecular flexibility index (Phi) is 3.44. The van der Waals surface area contributed by atoms with Gasteiger partial charge in [0.1, 0.15) is 11.5 Å². The van der Waals surface area contributed by atoms with Crippen molar-refractivity contribution in [2.24, 2.45) is 5.92 Å². The fraction of sp³-hybridized carbons (Fsp3) is 0.333. The highest BCUT2D eigenvalue weighted by atomic mass is 32.2. The zero-order valence-corrected chi connectivity index (χ0v) is 12.1. The summed E-state index contributed by atoms with van der Waals surface area (Å²) in [5, 5.41) is 23.7. The van der Waals surface area contributed by atoms with Crippen LogP contribution in [0.5, 0.6) is 5.75 Å². The van der Waals surface area contributed by atoms with Gasteiger partial charge in [-0.15, -0.1) is 0 Å². The SMILES string of the molecule is Cc1cc(O)cc(C)c1[SH]1C=C(O)C(C(C)C)=C1. The van der Waals surface area contributed by atoms with Crippen molar-refractivity contribution in [3.8, 4) is 5.75 Å². The van der Waals surface area contributed by atoms with Crippen LogP contribution in [0.15, 0.2) is 39.2 Å². The van der Waals surface area contributed by atoms with E-state index in [1.54, 1.807) is 12.1 Å². The molecule has 0 bridgehead atoms. The Morgan fingerprint density at radius 2 is 1.56 bits per heavy atom. The minimum absolute atomic E-state index is 0.309. The average Bonchev–Trinajstić information content (AvgIpc) is 2.58. The van der Waals surface area contributed by atoms with E-state index in [1.807, 2.05) is 19.3 Å². The van der Waals surface area contributed by atoms with Gasteiger partial charge in [-0.1, -0.05) is 13.8 Å². The van der Waals surface area contributed by atoms with Crippen LogP contribution in [0.25, 0.3) is 0 Å². The van der Waals surface area contributed by atoms with Crippen molar-refractivity contribution in [3.63, 3.8) is 0 Å². The third-order valence-electron chi connectivity index (χ3n) is 3.19. The number of hydrogen-bond acceptors (Lipinski definition) is 2. The fourth-order valence-electron chi connectivity index (χ4n) is 2.37. The Morgan fingerprint density at radius 1 is 1.00 bits per heavy atom. The van der Waals surface area contributed by atoms with Crippen molar-refractivity contribution in [1.29, 1.82) is 0 Å². The molecule has 1 aliphatic rings. The second kappa shape index (κ2) is 4.73. The molecule has 0 aromatic heterocycles. The minimum atomic E-state index is -0.591. The lowest BCUT2D eigenvalue weighted by Gasteiger charge is -2.17. The fourth-order valence-corrected chi connectivity index (χ4v) is 4.79. The van der Waals surface area contributed by atoms with E-state index >= 15 is 0 Å². The van der Waals surface area contributed by atoms with E-state index < -0.39 is 10.9 Å². The molecule has 3 heteroatoms. The molecule has 18 heavy (non-hydrogen) atoms. The first-order valence-corrected chi connectivity index (χ1v) is 7.59. The molecule has 1 unspecified atom stereocenters. The zero-order chi connectivity index (χ0) is 13.4. The number of aromatic hydroxyl groups is 1. The van der Waals surface area contributed by atoms with Gasteiger partial charge in [0.05, 0.1) is 0 Å². The first kappa shape index (κ1) is 13.1. The van der Waals surface area contributed by atoms with Crippen LogP contribution in [0.1, 0.15) is 25.0 Å². The maximum atomic E-state index is 9.99. The Bertz CT molecular complexity index is 518. The lowest BCUT2D eigenvalue weighted by molar-refractivity contribution is 0.414. The largest absolute Gasteiger partial charge is 0.508 e. The van der Waals surface area contributed by atoms with E-state index in [2.05, 4.69) is 19.3 Å². The summed E-state index contributed by atoms with van der Waals surface area (Å²) in [5.41, 5.74) is 3.21. The number of allylic oxidation sites excluding steroid dienone is 1. The molecule has 1 atom stereocenters. The van der Waals surface area contributed by atoms with Gasteiger partial charge in [0, 0.05) is 15.9 Å². The number of thiol groups is 1. The first-order chi connectivity index (χ1) is 8.40. The molecule has 2 nitrogen and oxygen atoms in total. The molecule has 0 saturated heterocycles. The number of hydrogen-bond donors (Lipinski definition) is 3. The molecule has 0 aliphatic carbocycles. The van der Waals surface area contributed by atoms with E-state index in [0.29, 0.717) is 17.4 Å². The molecule has 0 spiro atoms. The van der Waals surface area contributed by atoms with Gasteiger partial charge in [0.2, 0.25) is 0 Å². The standard InChI is InChI=1S/C15H20O2S/c1-9(2)13-7-18(8-14(13)17)15-10(3)5-12(16)6-11(15)4/h5-9,16-18H,1-4H3. The van der Waals surface area contributed by atoms with E-state index in [0.717, 1.165) is 16.7 Å². The predicted octanol–water partition coefficient (Wildman–Crippen LogP) is 4.32. The highest BCUT2D eigenvalue weighted by Gasteiger charge is 2.20. The summed E-state index contributed by atoms with van der Waals surface area (Å²) >= 11 is 0. The molecule has 0 radical (unpaired) electrons. The second-order valence-corrected chi connectivity index (χ2v) is 6.87. The molecular formula is C15H20O2S. The van der Waals surface area contributed by atoms with Gasteiger partial charge < -0.3 is 10.2 Å². The van der Waals surface area contributed by atoms with Gasteiger partial charge in [-0.25, -0.2) is 0 Å². The van der Waals surface area contributed by atoms with Gasteiger partial charge in [0.15, 0.2) is 0 Å². The molecular weight excluding hydrogens is 244 g/mol. The lowest BCUT2D eigenvalue weighted by atomic mass is 10.0. The normalized spacial score (nSPS) is 21.1. The molecule has 1 aromatic carbocycles. The summed E-state index contributed by atoms with van der Waals surface area (Å²) in [6.07, 6.45) is 0. The van der Waals surface area contributed by atoms with Crippen LogP contribution in [-0.2, 0) is 0 Å². The number of aliphatic hydroxyl groups is 1. The van der Waals surface area contributed by atoms with E-state index in [-0.39, 0.29) is 0 Å². The third kappa shape index (κ3) is 2.27. The van der Waals surface area contributed by atoms with Gasteiger partial charge in [-0.3, -0.25) is 0 Å². The number of benzene rings is 1. The van der Waals surface area contributed by atoms with Crippen LogP contribution >= 0.6 is 10.9 Å². The number of phenols is 1. The Morgan fingerprint density at radius 3 is 2.00 bits per heavy atom. The number of rotatable bonds is 2. The van der Waals surface area contributed by atoms with Crippen LogP contribution < -0.4 is 0 Å². The zero-order valence-electron chi connectivity index (χ0n) is 11.2. The summed E-state index contributed by atoms with van der Waals surface area (Å²) in [6, 6.07) is 3.58. The first-order valence-electron chi connectivity index (χ1n) is 6.11. The number of aliphatic hydroxyl groups excluding tert-OH is 1. The topological polar surface area (TPSA) is 40.5 Å². The Balaban J connectivity index is 2.47. The summed E-state index contributed by atoms with van der Waals surface area (Å²) in [6.45, 7) is 8.20. The van der Waals surface area contributed by atoms with Crippen molar-refractivity contribution in [1.82, 2.24) is 0 Å². The molecule has 1 heterocycles. The number of phenolic OH excluding ortho intramolecular Hbond substituents is 1. The summed E-state index contributed by atoms with van der Waals surface area (Å²) in [7, 11) is -0.591. The quantitative estimate of drug-likeness (QED) is 0.696. The molecule has 98 valence electrons. The third-order valence-corrected chi connectivity index (χ3v) is 5.49. The van der Waals surface area contributed by atoms with Crippen molar-refractivity contribution in [3.05, 3.63) is 45.4 Å². The monoisotopic (exact) mass is 264 g/mol. The Hall–Kier alpha value is -1.35. The van der Waals surface area contributed by atoms with Gasteiger partial charge in [-0.05, 0) is 48.4 Å². The molecule has 2 N–H and O–H groups in total. The molecule has 0 saturated carbocycles. The maximum absolute atomic E-state index is 9.99. The van der Waals surface area contributed by atoms with Crippen LogP contribution in [0.4, 0.5) is 0 Å². The van der Waals surface area contributed by atoms with Crippen LogP contribution in [0.2, 0.25) is 0 Å². The maximum Gasteiger partial charge on any atom is 0.124 e. The highest BCUT2D eigenvalue weighted by Crippen LogP contribution is 2.50. The molecule has 0 fully saturated rings. The van der Waals surface area contributed by atoms with E-state index in [9.17, 15) is 10.2 Å². The summed E-state index contributed by atoms with van der Waals surface area (Å²) in [4.78, 5) is 1.24. The van der Waals surface area contributed by atoms with Crippen LogP contribution in [0.3, 0.4) is 0 Å². The molecule has 2 rings (SSSR count). The smallest absolute Gasteiger partial charge is 0.124 e. The van der Waals surface area contributed by atoms with Crippen molar-refractivity contribution >= 4 is 10.9 Å². The second-order valence-electron chi connectivity index (χ2n) is 5.09. The highest BCUT2D eigenvalue weighted by molar-refractivity contribution is 8.22. The van der Waals surface area contributed by atoms with E-state index in [4.69, 9.17) is 0 Å². The predicted molar refractivity (Wildman–Crippen MR) is 78.5 cm³/mol. The Labute approximate surface area is 111 Å². The van der Waals surface area contributed by atoms with E-state index in [1.165, 1.54) is 4.90 Å². The lowest BCUT2D eigenvalue weighted by Crippen LogP contribution is -1.93. The van der Waals surface area contributed by atoms with Gasteiger partial charge >= 0.3 is 0 Å². The molecule has 1 aromatic rings. The minimum Gasteiger partial charge on any atom is -0.508 e. The summed E-state index contributed by atoms with van der Waals surface area (Å²) < 4.78 is 0. The van der Waals surface area contributed by atoms with Crippen molar-refractivity contribution < 1.29 is 10.2 Å². The van der Waals surface area contributed by atoms with Crippen LogP contribution in [-0.4, -0.2) is 10.2 Å². The number of aryl methyl sites for hydroxylation is 2. The molecule has 0 amide bonds. The van der Waals surface area contributed by atoms with Gasteiger partial charge in [0.25, 0.3) is 0 Å². The van der Waals surface area contributed by atoms with Crippen LogP contribution in [0, 0.1) is 19.8 Å². The van der Waals surface area contributed by atoms with Crippen molar-refractivity contribution in [2.75, 3.05) is 0 Å². The van der Waals surface area contributed by atoms with Crippen molar-refractivity contribution in [2.45, 2.75) is 32.6 Å². The average molecular weight is 264 g/mol. The van der Waals surface area contributed by atoms with Gasteiger partial charge in [-0.2, -0.15) is 10.9 Å². The summed E-state index contributed by atoms with van der Waals surface area (Å²) in [5.74, 6) is 1.07. The molecule has 1 aliphatic heterocycles.